The van der Waals surface area contributed by atoms with Gasteiger partial charge in [-0.1, -0.05) is 25.3 Å². The maximum Gasteiger partial charge on any atom is 0.387 e. The van der Waals surface area contributed by atoms with Gasteiger partial charge in [0, 0.05) is 17.6 Å². The predicted molar refractivity (Wildman–Crippen MR) is 75.4 cm³/mol. The van der Waals surface area contributed by atoms with Crippen molar-refractivity contribution in [2.24, 2.45) is 5.73 Å². The fourth-order valence-electron chi connectivity index (χ4n) is 2.58. The highest BCUT2D eigenvalue weighted by molar-refractivity contribution is 5.94. The average molecular weight is 298 g/mol. The van der Waals surface area contributed by atoms with Crippen LogP contribution in [0.15, 0.2) is 24.3 Å². The van der Waals surface area contributed by atoms with Gasteiger partial charge >= 0.3 is 6.61 Å². The van der Waals surface area contributed by atoms with Crippen molar-refractivity contribution >= 4 is 5.91 Å². The van der Waals surface area contributed by atoms with Crippen molar-refractivity contribution in [2.45, 2.75) is 50.8 Å². The second kappa shape index (κ2) is 7.36. The summed E-state index contributed by atoms with van der Waals surface area (Å²) < 4.78 is 28.7. The van der Waals surface area contributed by atoms with Crippen molar-refractivity contribution in [3.63, 3.8) is 0 Å². The zero-order valence-corrected chi connectivity index (χ0v) is 11.7. The minimum Gasteiger partial charge on any atom is -0.435 e. The summed E-state index contributed by atoms with van der Waals surface area (Å²) >= 11 is 0. The quantitative estimate of drug-likeness (QED) is 0.840. The molecule has 116 valence electrons. The number of ether oxygens (including phenoxy) is 1. The monoisotopic (exact) mass is 298 g/mol. The van der Waals surface area contributed by atoms with Crippen LogP contribution in [0.3, 0.4) is 0 Å². The molecule has 6 heteroatoms. The van der Waals surface area contributed by atoms with Gasteiger partial charge in [0.05, 0.1) is 0 Å². The Bertz CT molecular complexity index is 482. The number of amides is 1. The lowest BCUT2D eigenvalue weighted by Gasteiger charge is -2.22. The van der Waals surface area contributed by atoms with Crippen molar-refractivity contribution < 1.29 is 18.3 Å². The maximum atomic E-state index is 12.2. The third kappa shape index (κ3) is 4.67. The number of nitrogens with one attached hydrogen (secondary N) is 1. The van der Waals surface area contributed by atoms with E-state index < -0.39 is 6.61 Å². The molecule has 4 nitrogen and oxygen atoms in total. The molecule has 1 aliphatic rings. The first-order valence-corrected chi connectivity index (χ1v) is 7.17. The molecule has 2 rings (SSSR count). The molecule has 0 bridgehead atoms. The summed E-state index contributed by atoms with van der Waals surface area (Å²) in [5.74, 6) is -0.333. The van der Waals surface area contributed by atoms with Crippen molar-refractivity contribution in [1.29, 1.82) is 0 Å². The van der Waals surface area contributed by atoms with Crippen LogP contribution in [0.5, 0.6) is 5.75 Å². The van der Waals surface area contributed by atoms with Crippen LogP contribution in [0.2, 0.25) is 0 Å². The molecule has 1 aliphatic carbocycles. The summed E-state index contributed by atoms with van der Waals surface area (Å²) in [4.78, 5) is 12.2. The Kier molecular flexibility index (Phi) is 5.50. The molecule has 1 aromatic carbocycles. The molecule has 2 atom stereocenters. The largest absolute Gasteiger partial charge is 0.435 e. The molecule has 0 aliphatic heterocycles. The lowest BCUT2D eigenvalue weighted by atomic mass is 10.0. The van der Waals surface area contributed by atoms with Crippen LogP contribution in [-0.2, 0) is 0 Å². The van der Waals surface area contributed by atoms with E-state index in [-0.39, 0.29) is 23.7 Å². The Morgan fingerprint density at radius 2 is 2.05 bits per heavy atom. The zero-order valence-electron chi connectivity index (χ0n) is 11.7. The van der Waals surface area contributed by atoms with Crippen molar-refractivity contribution in [2.75, 3.05) is 0 Å². The standard InChI is InChI=1S/C15H20F2N2O2/c16-15(17)21-11-6-4-5-10(9-11)14(20)19-13-8-3-1-2-7-12(13)18/h4-6,9,12-13,15H,1-3,7-8,18H2,(H,19,20). The van der Waals surface area contributed by atoms with Gasteiger partial charge in [0.1, 0.15) is 5.75 Å². The number of carbonyl (C=O) groups is 1. The summed E-state index contributed by atoms with van der Waals surface area (Å²) in [6.45, 7) is -2.90. The van der Waals surface area contributed by atoms with Gasteiger partial charge < -0.3 is 15.8 Å². The highest BCUT2D eigenvalue weighted by Gasteiger charge is 2.22. The minimum absolute atomic E-state index is 0.0252. The van der Waals surface area contributed by atoms with Gasteiger partial charge in [0.2, 0.25) is 0 Å². The molecule has 1 saturated carbocycles. The van der Waals surface area contributed by atoms with Crippen LogP contribution in [-0.4, -0.2) is 24.6 Å². The van der Waals surface area contributed by atoms with E-state index in [2.05, 4.69) is 10.1 Å². The van der Waals surface area contributed by atoms with Crippen molar-refractivity contribution in [3.05, 3.63) is 29.8 Å². The van der Waals surface area contributed by atoms with Crippen molar-refractivity contribution in [1.82, 2.24) is 5.32 Å². The molecule has 1 fully saturated rings. The summed E-state index contributed by atoms with van der Waals surface area (Å²) in [6.07, 6.45) is 4.97. The average Bonchev–Trinajstić information content (AvgIpc) is 2.64. The van der Waals surface area contributed by atoms with Crippen LogP contribution in [0.4, 0.5) is 8.78 Å². The van der Waals surface area contributed by atoms with Gasteiger partial charge in [-0.3, -0.25) is 4.79 Å². The Morgan fingerprint density at radius 3 is 2.81 bits per heavy atom. The van der Waals surface area contributed by atoms with Crippen LogP contribution in [0.25, 0.3) is 0 Å². The molecular formula is C15H20F2N2O2. The second-order valence-electron chi connectivity index (χ2n) is 5.29. The van der Waals surface area contributed by atoms with Gasteiger partial charge in [-0.15, -0.1) is 0 Å². The molecule has 21 heavy (non-hydrogen) atoms. The number of hydrogen-bond donors (Lipinski definition) is 2. The lowest BCUT2D eigenvalue weighted by molar-refractivity contribution is -0.0498. The van der Waals surface area contributed by atoms with Crippen LogP contribution in [0.1, 0.15) is 42.5 Å². The van der Waals surface area contributed by atoms with Crippen LogP contribution in [0, 0.1) is 0 Å². The van der Waals surface area contributed by atoms with Crippen LogP contribution >= 0.6 is 0 Å². The topological polar surface area (TPSA) is 64.3 Å². The second-order valence-corrected chi connectivity index (χ2v) is 5.29. The highest BCUT2D eigenvalue weighted by Crippen LogP contribution is 2.19. The molecule has 0 radical (unpaired) electrons. The van der Waals surface area contributed by atoms with E-state index in [1.807, 2.05) is 0 Å². The molecule has 3 N–H and O–H groups in total. The van der Waals surface area contributed by atoms with Gasteiger partial charge in [-0.25, -0.2) is 0 Å². The number of hydrogen-bond acceptors (Lipinski definition) is 3. The Morgan fingerprint density at radius 1 is 1.29 bits per heavy atom. The summed E-state index contributed by atoms with van der Waals surface area (Å²) in [7, 11) is 0. The molecule has 0 aromatic heterocycles. The summed E-state index contributed by atoms with van der Waals surface area (Å²) in [6, 6.07) is 5.65. The Hall–Kier alpha value is -1.69. The molecule has 2 unspecified atom stereocenters. The number of rotatable bonds is 4. The third-order valence-corrected chi connectivity index (χ3v) is 3.71. The van der Waals surface area contributed by atoms with Gasteiger partial charge in [-0.2, -0.15) is 8.78 Å². The summed E-state index contributed by atoms with van der Waals surface area (Å²) in [5.41, 5.74) is 6.36. The molecule has 0 saturated heterocycles. The molecule has 0 heterocycles. The summed E-state index contributed by atoms with van der Waals surface area (Å²) in [5, 5.41) is 2.90. The first-order chi connectivity index (χ1) is 10.1. The Balaban J connectivity index is 2.02. The number of benzene rings is 1. The van der Waals surface area contributed by atoms with Gasteiger partial charge in [0.15, 0.2) is 0 Å². The normalized spacial score (nSPS) is 22.7. The van der Waals surface area contributed by atoms with Gasteiger partial charge in [-0.05, 0) is 31.0 Å². The molecule has 0 spiro atoms. The highest BCUT2D eigenvalue weighted by atomic mass is 19.3. The van der Waals surface area contributed by atoms with Gasteiger partial charge in [0.25, 0.3) is 5.91 Å². The van der Waals surface area contributed by atoms with Crippen LogP contribution < -0.4 is 15.8 Å². The zero-order chi connectivity index (χ0) is 15.2. The third-order valence-electron chi connectivity index (χ3n) is 3.71. The number of carbonyl (C=O) groups excluding carboxylic acids is 1. The first kappa shape index (κ1) is 15.7. The van der Waals surface area contributed by atoms with E-state index in [4.69, 9.17) is 5.73 Å². The SMILES string of the molecule is NC1CCCCCC1NC(=O)c1cccc(OC(F)F)c1. The van der Waals surface area contributed by atoms with E-state index in [0.717, 1.165) is 32.1 Å². The fraction of sp³-hybridized carbons (Fsp3) is 0.533. The van der Waals surface area contributed by atoms with E-state index in [9.17, 15) is 13.6 Å². The molecular weight excluding hydrogens is 278 g/mol. The molecule has 1 aromatic rings. The van der Waals surface area contributed by atoms with E-state index in [0.29, 0.717) is 5.56 Å². The van der Waals surface area contributed by atoms with Crippen molar-refractivity contribution in [3.8, 4) is 5.75 Å². The number of alkyl halides is 2. The Labute approximate surface area is 122 Å². The van der Waals surface area contributed by atoms with E-state index in [1.165, 1.54) is 18.2 Å². The number of nitrogens with two attached hydrogens (primary N) is 1. The fourth-order valence-corrected chi connectivity index (χ4v) is 2.58. The van der Waals surface area contributed by atoms with E-state index >= 15 is 0 Å². The number of halogens is 2. The smallest absolute Gasteiger partial charge is 0.387 e. The maximum absolute atomic E-state index is 12.2. The first-order valence-electron chi connectivity index (χ1n) is 7.17. The molecule has 1 amide bonds. The lowest BCUT2D eigenvalue weighted by Crippen LogP contribution is -2.46. The van der Waals surface area contributed by atoms with E-state index in [1.54, 1.807) is 6.07 Å². The minimum atomic E-state index is -2.90. The predicted octanol–water partition coefficient (Wildman–Crippen LogP) is 2.68.